The largest absolute Gasteiger partial charge is 0.504 e. The molecule has 5 aromatic rings. The van der Waals surface area contributed by atoms with Gasteiger partial charge < -0.3 is 34.3 Å². The number of benzene rings is 5. The first-order valence-corrected chi connectivity index (χ1v) is 12.5. The van der Waals surface area contributed by atoms with Crippen LogP contribution in [0.25, 0.3) is 43.1 Å². The van der Waals surface area contributed by atoms with Crippen molar-refractivity contribution < 1.29 is 39.1 Å². The lowest BCUT2D eigenvalue weighted by Gasteiger charge is -2.32. The standard InChI is InChI=1S/C30H26O10/c1-10(31)25-24-22-16-11(9-30(25,2)36)28(39-5)26(34)17-12(32)7-14(37-3)19(21(16)17)20-15(38-4)8-13(33)18(23(20)22)27(35)29(24)40-6/h7-8,25,34-36H,9H2,1-6H3/t25-,30+/m1/s1. The summed E-state index contributed by atoms with van der Waals surface area (Å²) >= 11 is 0. The molecule has 1 aliphatic carbocycles. The first kappa shape index (κ1) is 25.7. The van der Waals surface area contributed by atoms with E-state index in [9.17, 15) is 29.7 Å². The number of ketones is 1. The van der Waals surface area contributed by atoms with E-state index in [1.54, 1.807) is 0 Å². The molecule has 0 heterocycles. The quantitative estimate of drug-likeness (QED) is 0.221. The van der Waals surface area contributed by atoms with Crippen LogP contribution in [0, 0.1) is 0 Å². The number of hydrogen-bond donors (Lipinski definition) is 3. The molecule has 40 heavy (non-hydrogen) atoms. The second kappa shape index (κ2) is 8.22. The van der Waals surface area contributed by atoms with Crippen LogP contribution in [0.15, 0.2) is 21.7 Å². The Morgan fingerprint density at radius 3 is 1.68 bits per heavy atom. The van der Waals surface area contributed by atoms with Gasteiger partial charge in [0.05, 0.1) is 50.7 Å². The SMILES string of the molecule is COc1c(O)c2c(=O)cc(OC)c3c4c(OC)cc(=O)c5c(O)c(OC)c6c(c(c1C[C@](C)(O)[C@@H]6C(C)=O)c23)c54. The Bertz CT molecular complexity index is 2040. The van der Waals surface area contributed by atoms with Crippen molar-refractivity contribution in [3.63, 3.8) is 0 Å². The molecule has 0 radical (unpaired) electrons. The molecular formula is C30H26O10. The van der Waals surface area contributed by atoms with Crippen molar-refractivity contribution in [2.24, 2.45) is 0 Å². The van der Waals surface area contributed by atoms with Crippen molar-refractivity contribution in [1.29, 1.82) is 0 Å². The number of phenols is 2. The summed E-state index contributed by atoms with van der Waals surface area (Å²) in [5.74, 6) is -2.55. The van der Waals surface area contributed by atoms with Crippen LogP contribution >= 0.6 is 0 Å². The number of aliphatic hydroxyl groups is 1. The zero-order valence-electron chi connectivity index (χ0n) is 22.6. The van der Waals surface area contributed by atoms with E-state index in [4.69, 9.17) is 18.9 Å². The minimum Gasteiger partial charge on any atom is -0.504 e. The molecule has 10 heteroatoms. The van der Waals surface area contributed by atoms with Gasteiger partial charge in [0, 0.05) is 51.2 Å². The molecule has 0 saturated carbocycles. The third-order valence-electron chi connectivity index (χ3n) is 8.20. The second-order valence-electron chi connectivity index (χ2n) is 10.4. The number of fused-ring (bicyclic) bond motifs is 1. The molecule has 3 N–H and O–H groups in total. The highest BCUT2D eigenvalue weighted by molar-refractivity contribution is 6.39. The average Bonchev–Trinajstić information content (AvgIpc) is 2.99. The number of phenolic OH excluding ortho intramolecular Hbond substituents is 2. The molecule has 6 rings (SSSR count). The third-order valence-corrected chi connectivity index (χ3v) is 8.20. The van der Waals surface area contributed by atoms with Gasteiger partial charge in [-0.15, -0.1) is 0 Å². The van der Waals surface area contributed by atoms with E-state index in [2.05, 4.69) is 0 Å². The summed E-state index contributed by atoms with van der Waals surface area (Å²) in [6, 6.07) is 2.43. The Balaban J connectivity index is 2.20. The number of carbonyl (C=O) groups is 1. The maximum Gasteiger partial charge on any atom is 0.194 e. The van der Waals surface area contributed by atoms with Crippen LogP contribution < -0.4 is 29.8 Å². The van der Waals surface area contributed by atoms with Crippen LogP contribution in [-0.2, 0) is 11.2 Å². The summed E-state index contributed by atoms with van der Waals surface area (Å²) in [7, 11) is 5.37. The molecule has 1 aliphatic rings. The Kier molecular flexibility index (Phi) is 5.28. The minimum absolute atomic E-state index is 0.0555. The van der Waals surface area contributed by atoms with Gasteiger partial charge in [-0.1, -0.05) is 0 Å². The smallest absolute Gasteiger partial charge is 0.194 e. The van der Waals surface area contributed by atoms with Gasteiger partial charge in [-0.3, -0.25) is 14.4 Å². The van der Waals surface area contributed by atoms with Gasteiger partial charge in [-0.2, -0.15) is 0 Å². The molecule has 0 aliphatic heterocycles. The van der Waals surface area contributed by atoms with Gasteiger partial charge in [0.15, 0.2) is 33.9 Å². The molecule has 0 saturated heterocycles. The molecule has 0 fully saturated rings. The predicted molar refractivity (Wildman–Crippen MR) is 149 cm³/mol. The number of rotatable bonds is 5. The van der Waals surface area contributed by atoms with Crippen molar-refractivity contribution in [3.05, 3.63) is 43.7 Å². The first-order chi connectivity index (χ1) is 18.9. The van der Waals surface area contributed by atoms with Gasteiger partial charge in [0.2, 0.25) is 0 Å². The number of carbonyl (C=O) groups excluding carboxylic acids is 1. The van der Waals surface area contributed by atoms with Crippen LogP contribution in [0.2, 0.25) is 0 Å². The molecule has 206 valence electrons. The van der Waals surface area contributed by atoms with E-state index < -0.39 is 39.7 Å². The van der Waals surface area contributed by atoms with Crippen molar-refractivity contribution in [3.8, 4) is 34.5 Å². The van der Waals surface area contributed by atoms with Crippen molar-refractivity contribution in [2.45, 2.75) is 31.8 Å². The number of Topliss-reactive ketones (excluding diaryl/α,β-unsaturated/α-hetero) is 1. The lowest BCUT2D eigenvalue weighted by Crippen LogP contribution is -2.38. The molecule has 0 spiro atoms. The predicted octanol–water partition coefficient (Wildman–Crippen LogP) is 3.32. The van der Waals surface area contributed by atoms with Crippen molar-refractivity contribution >= 4 is 48.9 Å². The topological polar surface area (TPSA) is 149 Å². The average molecular weight is 547 g/mol. The van der Waals surface area contributed by atoms with Crippen molar-refractivity contribution in [2.75, 3.05) is 28.4 Å². The Morgan fingerprint density at radius 1 is 0.750 bits per heavy atom. The second-order valence-corrected chi connectivity index (χ2v) is 10.4. The van der Waals surface area contributed by atoms with Crippen LogP contribution in [0.5, 0.6) is 34.5 Å². The number of ether oxygens (including phenoxy) is 4. The minimum atomic E-state index is -1.78. The summed E-state index contributed by atoms with van der Waals surface area (Å²) in [5, 5.41) is 36.5. The van der Waals surface area contributed by atoms with E-state index in [0.29, 0.717) is 27.1 Å². The van der Waals surface area contributed by atoms with E-state index >= 15 is 0 Å². The maximum atomic E-state index is 13.5. The molecular weight excluding hydrogens is 520 g/mol. The van der Waals surface area contributed by atoms with Crippen molar-refractivity contribution in [1.82, 2.24) is 0 Å². The monoisotopic (exact) mass is 546 g/mol. The fraction of sp³-hybridized carbons (Fsp3) is 0.300. The number of methoxy groups -OCH3 is 4. The number of hydrogen-bond acceptors (Lipinski definition) is 10. The highest BCUT2D eigenvalue weighted by atomic mass is 16.5. The molecule has 0 unspecified atom stereocenters. The molecule has 5 aromatic carbocycles. The highest BCUT2D eigenvalue weighted by Crippen LogP contribution is 2.59. The van der Waals surface area contributed by atoms with E-state index in [1.165, 1.54) is 54.4 Å². The first-order valence-electron chi connectivity index (χ1n) is 12.5. The number of aromatic hydroxyl groups is 2. The van der Waals surface area contributed by atoms with E-state index in [0.717, 1.165) is 0 Å². The van der Waals surface area contributed by atoms with Gasteiger partial charge >= 0.3 is 0 Å². The van der Waals surface area contributed by atoms with E-state index in [1.807, 2.05) is 0 Å². The molecule has 0 amide bonds. The Hall–Kier alpha value is -4.57. The zero-order valence-corrected chi connectivity index (χ0v) is 22.6. The van der Waals surface area contributed by atoms with E-state index in [-0.39, 0.29) is 56.5 Å². The molecule has 2 atom stereocenters. The Morgan fingerprint density at radius 2 is 1.23 bits per heavy atom. The van der Waals surface area contributed by atoms with Crippen LogP contribution in [0.3, 0.4) is 0 Å². The van der Waals surface area contributed by atoms with Gasteiger partial charge in [-0.05, 0) is 24.6 Å². The molecule has 0 bridgehead atoms. The van der Waals surface area contributed by atoms with Gasteiger partial charge in [0.1, 0.15) is 17.3 Å². The zero-order chi connectivity index (χ0) is 29.0. The van der Waals surface area contributed by atoms with Crippen LogP contribution in [0.4, 0.5) is 0 Å². The fourth-order valence-corrected chi connectivity index (χ4v) is 6.89. The third kappa shape index (κ3) is 2.88. The molecule has 10 nitrogen and oxygen atoms in total. The summed E-state index contributed by atoms with van der Waals surface area (Å²) in [6.07, 6.45) is -0.187. The Labute approximate surface area is 226 Å². The van der Waals surface area contributed by atoms with Crippen LogP contribution in [0.1, 0.15) is 30.9 Å². The lowest BCUT2D eigenvalue weighted by atomic mass is 9.77. The summed E-state index contributed by atoms with van der Waals surface area (Å²) in [5.41, 5.74) is -2.45. The highest BCUT2D eigenvalue weighted by Gasteiger charge is 2.46. The lowest BCUT2D eigenvalue weighted by molar-refractivity contribution is -0.124. The maximum absolute atomic E-state index is 13.5. The summed E-state index contributed by atoms with van der Waals surface area (Å²) in [6.45, 7) is 2.78. The van der Waals surface area contributed by atoms with Crippen LogP contribution in [-0.4, -0.2) is 55.1 Å². The summed E-state index contributed by atoms with van der Waals surface area (Å²) < 4.78 is 22.5. The van der Waals surface area contributed by atoms with Gasteiger partial charge in [0.25, 0.3) is 0 Å². The molecule has 0 aromatic heterocycles. The fourth-order valence-electron chi connectivity index (χ4n) is 6.89. The summed E-state index contributed by atoms with van der Waals surface area (Å²) in [4.78, 5) is 40.3. The van der Waals surface area contributed by atoms with Gasteiger partial charge in [-0.25, -0.2) is 0 Å². The normalized spacial score (nSPS) is 18.6.